The molecule has 2 N–H and O–H groups in total. The lowest BCUT2D eigenvalue weighted by atomic mass is 10.1. The second-order valence-corrected chi connectivity index (χ2v) is 6.59. The molecule has 0 aliphatic carbocycles. The van der Waals surface area contributed by atoms with Crippen molar-refractivity contribution in [3.05, 3.63) is 41.5 Å². The molecule has 2 aromatic rings. The zero-order valence-corrected chi connectivity index (χ0v) is 16.0. The van der Waals surface area contributed by atoms with Crippen LogP contribution in [-0.2, 0) is 0 Å². The Kier molecular flexibility index (Phi) is 6.58. The number of hydrogen-bond donors (Lipinski definition) is 2. The third-order valence-electron chi connectivity index (χ3n) is 3.64. The van der Waals surface area contributed by atoms with E-state index in [1.165, 1.54) is 0 Å². The standard InChI is InChI=1S/C19H24N2O3S/c1-6-20-19(22)21-14-9-12(2)18(13(3)10-14)25-17-11-15(23-4)7-8-16(17)24-5/h7-11H,6H2,1-5H3,(H2,20,21,22). The molecule has 0 saturated heterocycles. The first kappa shape index (κ1) is 19.0. The lowest BCUT2D eigenvalue weighted by Gasteiger charge is -2.15. The van der Waals surface area contributed by atoms with Crippen LogP contribution in [0.25, 0.3) is 0 Å². The predicted molar refractivity (Wildman–Crippen MR) is 102 cm³/mol. The van der Waals surface area contributed by atoms with E-state index in [1.54, 1.807) is 26.0 Å². The SMILES string of the molecule is CCNC(=O)Nc1cc(C)c(Sc2cc(OC)ccc2OC)c(C)c1. The van der Waals surface area contributed by atoms with Gasteiger partial charge in [0.2, 0.25) is 0 Å². The highest BCUT2D eigenvalue weighted by molar-refractivity contribution is 7.99. The maximum atomic E-state index is 11.7. The maximum absolute atomic E-state index is 11.7. The number of nitrogens with one attached hydrogen (secondary N) is 2. The van der Waals surface area contributed by atoms with Crippen molar-refractivity contribution < 1.29 is 14.3 Å². The monoisotopic (exact) mass is 360 g/mol. The summed E-state index contributed by atoms with van der Waals surface area (Å²) in [4.78, 5) is 13.8. The van der Waals surface area contributed by atoms with Gasteiger partial charge in [-0.3, -0.25) is 0 Å². The van der Waals surface area contributed by atoms with E-state index in [0.717, 1.165) is 38.1 Å². The molecular weight excluding hydrogens is 336 g/mol. The van der Waals surface area contributed by atoms with E-state index in [1.807, 2.05) is 51.1 Å². The van der Waals surface area contributed by atoms with Crippen LogP contribution in [0.3, 0.4) is 0 Å². The Labute approximate surface area is 153 Å². The summed E-state index contributed by atoms with van der Waals surface area (Å²) >= 11 is 1.63. The highest BCUT2D eigenvalue weighted by Gasteiger charge is 2.12. The molecule has 0 unspecified atom stereocenters. The van der Waals surface area contributed by atoms with Crippen molar-refractivity contribution in [3.63, 3.8) is 0 Å². The van der Waals surface area contributed by atoms with Crippen molar-refractivity contribution in [2.45, 2.75) is 30.6 Å². The number of methoxy groups -OCH3 is 2. The minimum absolute atomic E-state index is 0.198. The molecule has 0 bridgehead atoms. The predicted octanol–water partition coefficient (Wildman–Crippen LogP) is 4.61. The smallest absolute Gasteiger partial charge is 0.319 e. The molecule has 0 spiro atoms. The molecule has 0 aliphatic rings. The van der Waals surface area contributed by atoms with E-state index >= 15 is 0 Å². The van der Waals surface area contributed by atoms with Crippen LogP contribution in [0.15, 0.2) is 40.1 Å². The van der Waals surface area contributed by atoms with Crippen molar-refractivity contribution >= 4 is 23.5 Å². The van der Waals surface area contributed by atoms with Crippen LogP contribution in [0.4, 0.5) is 10.5 Å². The second kappa shape index (κ2) is 8.67. The van der Waals surface area contributed by atoms with Crippen LogP contribution in [0, 0.1) is 13.8 Å². The average molecular weight is 360 g/mol. The summed E-state index contributed by atoms with van der Waals surface area (Å²) in [7, 11) is 3.31. The number of aryl methyl sites for hydroxylation is 2. The van der Waals surface area contributed by atoms with Crippen LogP contribution in [0.1, 0.15) is 18.1 Å². The summed E-state index contributed by atoms with van der Waals surface area (Å²) in [6.07, 6.45) is 0. The van der Waals surface area contributed by atoms with E-state index in [-0.39, 0.29) is 6.03 Å². The Bertz CT molecular complexity index is 739. The number of hydrogen-bond acceptors (Lipinski definition) is 4. The van der Waals surface area contributed by atoms with Gasteiger partial charge in [-0.2, -0.15) is 0 Å². The molecule has 0 saturated carbocycles. The number of benzene rings is 2. The lowest BCUT2D eigenvalue weighted by molar-refractivity contribution is 0.252. The first-order valence-electron chi connectivity index (χ1n) is 8.04. The second-order valence-electron chi connectivity index (χ2n) is 5.54. The Balaban J connectivity index is 2.30. The van der Waals surface area contributed by atoms with Crippen LogP contribution >= 0.6 is 11.8 Å². The molecule has 0 aromatic heterocycles. The highest BCUT2D eigenvalue weighted by Crippen LogP contribution is 2.40. The van der Waals surface area contributed by atoms with Gasteiger partial charge in [0.15, 0.2) is 0 Å². The molecule has 5 nitrogen and oxygen atoms in total. The number of carbonyl (C=O) groups is 1. The summed E-state index contributed by atoms with van der Waals surface area (Å²) in [5, 5.41) is 5.58. The fraction of sp³-hybridized carbons (Fsp3) is 0.316. The summed E-state index contributed by atoms with van der Waals surface area (Å²) in [5.74, 6) is 1.59. The molecule has 2 rings (SSSR count). The van der Waals surface area contributed by atoms with Crippen molar-refractivity contribution in [2.24, 2.45) is 0 Å². The molecule has 0 aliphatic heterocycles. The molecule has 0 radical (unpaired) electrons. The van der Waals surface area contributed by atoms with Gasteiger partial charge >= 0.3 is 6.03 Å². The molecular formula is C19H24N2O3S. The van der Waals surface area contributed by atoms with Crippen molar-refractivity contribution in [2.75, 3.05) is 26.1 Å². The van der Waals surface area contributed by atoms with Crippen LogP contribution < -0.4 is 20.1 Å². The summed E-state index contributed by atoms with van der Waals surface area (Å²) < 4.78 is 10.8. The Morgan fingerprint density at radius 3 is 2.32 bits per heavy atom. The minimum Gasteiger partial charge on any atom is -0.497 e. The molecule has 2 amide bonds. The van der Waals surface area contributed by atoms with Crippen LogP contribution in [0.2, 0.25) is 0 Å². The number of amides is 2. The molecule has 2 aromatic carbocycles. The Morgan fingerprint density at radius 2 is 1.76 bits per heavy atom. The third-order valence-corrected chi connectivity index (χ3v) is 5.03. The molecule has 25 heavy (non-hydrogen) atoms. The molecule has 6 heteroatoms. The van der Waals surface area contributed by atoms with E-state index in [4.69, 9.17) is 9.47 Å². The summed E-state index contributed by atoms with van der Waals surface area (Å²) in [6, 6.07) is 9.48. The minimum atomic E-state index is -0.198. The van der Waals surface area contributed by atoms with Crippen molar-refractivity contribution in [1.82, 2.24) is 5.32 Å². The number of ether oxygens (including phenoxy) is 2. The van der Waals surface area contributed by atoms with Gasteiger partial charge < -0.3 is 20.1 Å². The van der Waals surface area contributed by atoms with Gasteiger partial charge in [0.1, 0.15) is 11.5 Å². The van der Waals surface area contributed by atoms with Crippen molar-refractivity contribution in [3.8, 4) is 11.5 Å². The van der Waals surface area contributed by atoms with Gasteiger partial charge in [-0.05, 0) is 62.2 Å². The zero-order chi connectivity index (χ0) is 18.4. The summed E-state index contributed by atoms with van der Waals surface area (Å²) in [5.41, 5.74) is 2.95. The van der Waals surface area contributed by atoms with E-state index in [0.29, 0.717) is 6.54 Å². The average Bonchev–Trinajstić information content (AvgIpc) is 2.58. The van der Waals surface area contributed by atoms with Gasteiger partial charge in [-0.1, -0.05) is 11.8 Å². The van der Waals surface area contributed by atoms with E-state index in [2.05, 4.69) is 10.6 Å². The van der Waals surface area contributed by atoms with Gasteiger partial charge in [-0.15, -0.1) is 0 Å². The number of carbonyl (C=O) groups excluding carboxylic acids is 1. The zero-order valence-electron chi connectivity index (χ0n) is 15.2. The van der Waals surface area contributed by atoms with Crippen LogP contribution in [-0.4, -0.2) is 26.8 Å². The molecule has 134 valence electrons. The first-order valence-corrected chi connectivity index (χ1v) is 8.86. The lowest BCUT2D eigenvalue weighted by Crippen LogP contribution is -2.28. The number of rotatable bonds is 6. The van der Waals surface area contributed by atoms with E-state index < -0.39 is 0 Å². The largest absolute Gasteiger partial charge is 0.497 e. The fourth-order valence-corrected chi connectivity index (χ4v) is 3.58. The topological polar surface area (TPSA) is 59.6 Å². The first-order chi connectivity index (χ1) is 12.0. The maximum Gasteiger partial charge on any atom is 0.319 e. The quantitative estimate of drug-likeness (QED) is 0.789. The van der Waals surface area contributed by atoms with Crippen LogP contribution in [0.5, 0.6) is 11.5 Å². The molecule has 0 fully saturated rings. The third kappa shape index (κ3) is 4.82. The number of urea groups is 1. The fourth-order valence-electron chi connectivity index (χ4n) is 2.49. The van der Waals surface area contributed by atoms with Gasteiger partial charge in [0, 0.05) is 17.1 Å². The molecule has 0 heterocycles. The van der Waals surface area contributed by atoms with Gasteiger partial charge in [0.25, 0.3) is 0 Å². The Hall–Kier alpha value is -2.34. The summed E-state index contributed by atoms with van der Waals surface area (Å²) in [6.45, 7) is 6.54. The van der Waals surface area contributed by atoms with Crippen molar-refractivity contribution in [1.29, 1.82) is 0 Å². The van der Waals surface area contributed by atoms with Gasteiger partial charge in [-0.25, -0.2) is 4.79 Å². The van der Waals surface area contributed by atoms with E-state index in [9.17, 15) is 4.79 Å². The van der Waals surface area contributed by atoms with Gasteiger partial charge in [0.05, 0.1) is 19.1 Å². The highest BCUT2D eigenvalue weighted by atomic mass is 32.2. The Morgan fingerprint density at radius 1 is 1.08 bits per heavy atom. The molecule has 0 atom stereocenters. The normalized spacial score (nSPS) is 10.3. The number of anilines is 1.